The third-order valence-corrected chi connectivity index (χ3v) is 6.17. The SMILES string of the molecule is COC(=O)C1=C(C)N=C2SC=C(CC(=O)NCc3ccccc3)N2[C@@H]1c1ccccc1F. The maximum absolute atomic E-state index is 14.9. The third-order valence-electron chi connectivity index (χ3n) is 5.28. The summed E-state index contributed by atoms with van der Waals surface area (Å²) in [4.78, 5) is 31.6. The van der Waals surface area contributed by atoms with E-state index in [0.717, 1.165) is 5.56 Å². The van der Waals surface area contributed by atoms with Crippen molar-refractivity contribution in [2.24, 2.45) is 4.99 Å². The average molecular weight is 452 g/mol. The van der Waals surface area contributed by atoms with E-state index in [1.165, 1.54) is 24.9 Å². The number of amidine groups is 1. The summed E-state index contributed by atoms with van der Waals surface area (Å²) < 4.78 is 19.8. The Morgan fingerprint density at radius 1 is 1.16 bits per heavy atom. The Hall–Kier alpha value is -3.39. The predicted molar refractivity (Wildman–Crippen MR) is 122 cm³/mol. The quantitative estimate of drug-likeness (QED) is 0.664. The number of hydrogen-bond donors (Lipinski definition) is 1. The fourth-order valence-electron chi connectivity index (χ4n) is 3.76. The number of ether oxygens (including phenoxy) is 1. The summed E-state index contributed by atoms with van der Waals surface area (Å²) in [6, 6.07) is 15.1. The van der Waals surface area contributed by atoms with Crippen molar-refractivity contribution >= 4 is 28.8 Å². The van der Waals surface area contributed by atoms with E-state index in [2.05, 4.69) is 10.3 Å². The van der Waals surface area contributed by atoms with E-state index in [4.69, 9.17) is 4.74 Å². The van der Waals surface area contributed by atoms with E-state index >= 15 is 0 Å². The summed E-state index contributed by atoms with van der Waals surface area (Å²) in [5.74, 6) is -1.21. The van der Waals surface area contributed by atoms with Crippen molar-refractivity contribution in [3.05, 3.63) is 93.9 Å². The van der Waals surface area contributed by atoms with E-state index in [9.17, 15) is 14.0 Å². The second kappa shape index (κ2) is 9.40. The molecule has 1 atom stereocenters. The van der Waals surface area contributed by atoms with Crippen LogP contribution >= 0.6 is 11.8 Å². The molecule has 4 rings (SSSR count). The van der Waals surface area contributed by atoms with Crippen LogP contribution in [-0.4, -0.2) is 29.1 Å². The van der Waals surface area contributed by atoms with Crippen molar-refractivity contribution in [3.63, 3.8) is 0 Å². The molecule has 0 spiro atoms. The second-order valence-electron chi connectivity index (χ2n) is 7.35. The lowest BCUT2D eigenvalue weighted by molar-refractivity contribution is -0.136. The lowest BCUT2D eigenvalue weighted by atomic mass is 9.93. The van der Waals surface area contributed by atoms with Gasteiger partial charge in [0.15, 0.2) is 5.17 Å². The highest BCUT2D eigenvalue weighted by Crippen LogP contribution is 2.45. The Morgan fingerprint density at radius 3 is 2.59 bits per heavy atom. The van der Waals surface area contributed by atoms with Crippen molar-refractivity contribution in [1.29, 1.82) is 0 Å². The molecule has 0 saturated heterocycles. The van der Waals surface area contributed by atoms with Gasteiger partial charge in [0, 0.05) is 17.8 Å². The summed E-state index contributed by atoms with van der Waals surface area (Å²) in [6.45, 7) is 2.11. The molecule has 2 heterocycles. The van der Waals surface area contributed by atoms with Crippen molar-refractivity contribution in [1.82, 2.24) is 10.2 Å². The van der Waals surface area contributed by atoms with Crippen molar-refractivity contribution < 1.29 is 18.7 Å². The lowest BCUT2D eigenvalue weighted by Gasteiger charge is -2.36. The molecule has 2 aromatic rings. The first kappa shape index (κ1) is 21.8. The number of esters is 1. The normalized spacial score (nSPS) is 17.5. The van der Waals surface area contributed by atoms with Gasteiger partial charge in [-0.3, -0.25) is 4.79 Å². The third kappa shape index (κ3) is 4.31. The number of nitrogens with zero attached hydrogens (tertiary/aromatic N) is 2. The Morgan fingerprint density at radius 2 is 1.88 bits per heavy atom. The summed E-state index contributed by atoms with van der Waals surface area (Å²) in [6.07, 6.45) is 0.0668. The lowest BCUT2D eigenvalue weighted by Crippen LogP contribution is -2.38. The molecule has 32 heavy (non-hydrogen) atoms. The van der Waals surface area contributed by atoms with Gasteiger partial charge < -0.3 is 15.0 Å². The standard InChI is InChI=1S/C24H22FN3O3S/c1-15-21(23(30)31-2)22(18-10-6-7-11-19(18)25)28-17(14-32-24(28)27-15)12-20(29)26-13-16-8-4-3-5-9-16/h3-11,14,22H,12-13H2,1-2H3,(H,26,29)/t22-/m1/s1. The Kier molecular flexibility index (Phi) is 6.41. The minimum absolute atomic E-state index is 0.0668. The molecule has 1 amide bonds. The minimum atomic E-state index is -0.778. The van der Waals surface area contributed by atoms with Gasteiger partial charge in [-0.15, -0.1) is 0 Å². The largest absolute Gasteiger partial charge is 0.466 e. The fraction of sp³-hybridized carbons (Fsp3) is 0.208. The van der Waals surface area contributed by atoms with Gasteiger partial charge in [-0.05, 0) is 24.0 Å². The van der Waals surface area contributed by atoms with Crippen LogP contribution in [0.2, 0.25) is 0 Å². The first-order valence-electron chi connectivity index (χ1n) is 10.1. The number of nitrogens with one attached hydrogen (secondary N) is 1. The van der Waals surface area contributed by atoms with Crippen LogP contribution in [-0.2, 0) is 20.9 Å². The number of thioether (sulfide) groups is 1. The molecule has 164 valence electrons. The van der Waals surface area contributed by atoms with Gasteiger partial charge in [0.05, 0.1) is 30.8 Å². The number of allylic oxidation sites excluding steroid dienone is 1. The highest BCUT2D eigenvalue weighted by Gasteiger charge is 2.41. The van der Waals surface area contributed by atoms with Gasteiger partial charge in [-0.2, -0.15) is 0 Å². The number of hydrogen-bond acceptors (Lipinski definition) is 6. The van der Waals surface area contributed by atoms with Crippen LogP contribution in [0.3, 0.4) is 0 Å². The molecule has 2 aromatic carbocycles. The molecular formula is C24H22FN3O3S. The molecule has 0 unspecified atom stereocenters. The number of amides is 1. The van der Waals surface area contributed by atoms with Crippen LogP contribution in [0, 0.1) is 5.82 Å². The molecule has 0 aromatic heterocycles. The fourth-order valence-corrected chi connectivity index (χ4v) is 4.72. The Bertz CT molecular complexity index is 1140. The van der Waals surface area contributed by atoms with Crippen LogP contribution in [0.4, 0.5) is 4.39 Å². The van der Waals surface area contributed by atoms with Crippen molar-refractivity contribution in [2.45, 2.75) is 25.9 Å². The second-order valence-corrected chi connectivity index (χ2v) is 8.18. The molecule has 0 aliphatic carbocycles. The minimum Gasteiger partial charge on any atom is -0.466 e. The maximum Gasteiger partial charge on any atom is 0.338 e. The number of benzene rings is 2. The maximum atomic E-state index is 14.9. The average Bonchev–Trinajstić information content (AvgIpc) is 3.19. The molecular weight excluding hydrogens is 429 g/mol. The first-order chi connectivity index (χ1) is 15.5. The number of fused-ring (bicyclic) bond motifs is 1. The van der Waals surface area contributed by atoms with E-state index in [1.54, 1.807) is 30.0 Å². The summed E-state index contributed by atoms with van der Waals surface area (Å²) in [5.41, 5.74) is 2.66. The number of methoxy groups -OCH3 is 1. The smallest absolute Gasteiger partial charge is 0.338 e. The van der Waals surface area contributed by atoms with Gasteiger partial charge in [0.1, 0.15) is 5.82 Å². The first-order valence-corrected chi connectivity index (χ1v) is 10.9. The molecule has 6 nitrogen and oxygen atoms in total. The Labute approximate surface area is 189 Å². The monoisotopic (exact) mass is 451 g/mol. The molecule has 8 heteroatoms. The molecule has 2 aliphatic rings. The zero-order valence-corrected chi connectivity index (χ0v) is 18.5. The van der Waals surface area contributed by atoms with E-state index in [1.807, 2.05) is 35.7 Å². The number of rotatable bonds is 6. The van der Waals surface area contributed by atoms with Gasteiger partial charge in [0.2, 0.25) is 5.91 Å². The van der Waals surface area contributed by atoms with Gasteiger partial charge in [-0.1, -0.05) is 60.3 Å². The van der Waals surface area contributed by atoms with Crippen molar-refractivity contribution in [3.8, 4) is 0 Å². The molecule has 2 aliphatic heterocycles. The summed E-state index contributed by atoms with van der Waals surface area (Å²) in [7, 11) is 1.28. The van der Waals surface area contributed by atoms with Crippen LogP contribution < -0.4 is 5.32 Å². The van der Waals surface area contributed by atoms with E-state index in [-0.39, 0.29) is 17.9 Å². The zero-order chi connectivity index (χ0) is 22.7. The van der Waals surface area contributed by atoms with E-state index in [0.29, 0.717) is 28.7 Å². The predicted octanol–water partition coefficient (Wildman–Crippen LogP) is 4.28. The summed E-state index contributed by atoms with van der Waals surface area (Å²) in [5, 5.41) is 5.32. The molecule has 0 fully saturated rings. The van der Waals surface area contributed by atoms with Gasteiger partial charge in [0.25, 0.3) is 0 Å². The number of carbonyl (C=O) groups is 2. The number of halogens is 1. The van der Waals surface area contributed by atoms with Crippen molar-refractivity contribution in [2.75, 3.05) is 7.11 Å². The van der Waals surface area contributed by atoms with Gasteiger partial charge >= 0.3 is 5.97 Å². The van der Waals surface area contributed by atoms with Crippen LogP contribution in [0.25, 0.3) is 0 Å². The topological polar surface area (TPSA) is 71.0 Å². The summed E-state index contributed by atoms with van der Waals surface area (Å²) >= 11 is 1.35. The number of aliphatic imine (C=N–C) groups is 1. The zero-order valence-electron chi connectivity index (χ0n) is 17.7. The highest BCUT2D eigenvalue weighted by molar-refractivity contribution is 8.16. The van der Waals surface area contributed by atoms with Crippen LogP contribution in [0.5, 0.6) is 0 Å². The van der Waals surface area contributed by atoms with Gasteiger partial charge in [-0.25, -0.2) is 14.2 Å². The molecule has 0 saturated carbocycles. The van der Waals surface area contributed by atoms with E-state index < -0.39 is 17.8 Å². The number of carbonyl (C=O) groups excluding carboxylic acids is 2. The molecule has 0 radical (unpaired) electrons. The highest BCUT2D eigenvalue weighted by atomic mass is 32.2. The molecule has 1 N–H and O–H groups in total. The Balaban J connectivity index is 1.62. The molecule has 0 bridgehead atoms. The van der Waals surface area contributed by atoms with Crippen LogP contribution in [0.1, 0.15) is 30.5 Å². The van der Waals surface area contributed by atoms with Crippen LogP contribution in [0.15, 0.2) is 82.0 Å².